The molecule has 0 saturated carbocycles. The lowest BCUT2D eigenvalue weighted by molar-refractivity contribution is -0.00811. The molecule has 0 radical (unpaired) electrons. The number of rotatable bonds is 5. The Kier molecular flexibility index (Phi) is 5.48. The molecule has 3 atom stereocenters. The highest BCUT2D eigenvalue weighted by Gasteiger charge is 2.44. The summed E-state index contributed by atoms with van der Waals surface area (Å²) in [7, 11) is 3.34. The molecular formula is C23H24ClN5O3. The molecule has 1 saturated heterocycles. The largest absolute Gasteiger partial charge is 0.479 e. The topological polar surface area (TPSA) is 74.0 Å². The average Bonchev–Trinajstić information content (AvgIpc) is 3.45. The van der Waals surface area contributed by atoms with Crippen LogP contribution in [0.25, 0.3) is 5.69 Å². The van der Waals surface area contributed by atoms with Gasteiger partial charge in [-0.1, -0.05) is 28.9 Å². The number of pyridine rings is 1. The van der Waals surface area contributed by atoms with Crippen LogP contribution in [0, 0.1) is 6.92 Å². The highest BCUT2D eigenvalue weighted by atomic mass is 35.5. The maximum atomic E-state index is 6.07. The highest BCUT2D eigenvalue weighted by Crippen LogP contribution is 2.38. The Morgan fingerprint density at radius 1 is 1.12 bits per heavy atom. The molecule has 0 bridgehead atoms. The molecule has 9 heteroatoms. The van der Waals surface area contributed by atoms with E-state index in [0.29, 0.717) is 29.0 Å². The van der Waals surface area contributed by atoms with E-state index in [1.54, 1.807) is 20.5 Å². The molecule has 0 amide bonds. The predicted octanol–water partition coefficient (Wildman–Crippen LogP) is 3.76. The Labute approximate surface area is 191 Å². The molecule has 32 heavy (non-hydrogen) atoms. The fraction of sp³-hybridized carbons (Fsp3) is 0.348. The molecule has 3 aromatic rings. The van der Waals surface area contributed by atoms with Crippen molar-refractivity contribution in [3.8, 4) is 11.6 Å². The molecular weight excluding hydrogens is 430 g/mol. The number of benzene rings is 1. The lowest BCUT2D eigenvalue weighted by Gasteiger charge is -2.36. The van der Waals surface area contributed by atoms with E-state index in [2.05, 4.69) is 15.0 Å². The van der Waals surface area contributed by atoms with E-state index in [0.717, 1.165) is 23.4 Å². The summed E-state index contributed by atoms with van der Waals surface area (Å²) >= 11 is 6.07. The van der Waals surface area contributed by atoms with Crippen LogP contribution in [0.2, 0.25) is 5.02 Å². The van der Waals surface area contributed by atoms with Crippen molar-refractivity contribution in [2.24, 2.45) is 5.16 Å². The van der Waals surface area contributed by atoms with Gasteiger partial charge in [-0.15, -0.1) is 0 Å². The maximum Gasteiger partial charge on any atom is 0.238 e. The van der Waals surface area contributed by atoms with E-state index >= 15 is 0 Å². The first kappa shape index (κ1) is 20.8. The molecule has 8 nitrogen and oxygen atoms in total. The van der Waals surface area contributed by atoms with Crippen molar-refractivity contribution in [3.63, 3.8) is 0 Å². The van der Waals surface area contributed by atoms with Crippen LogP contribution < -0.4 is 4.74 Å². The number of hydrogen-bond donors (Lipinski definition) is 0. The third-order valence-electron chi connectivity index (χ3n) is 5.96. The van der Waals surface area contributed by atoms with Gasteiger partial charge in [0.2, 0.25) is 5.88 Å². The zero-order chi connectivity index (χ0) is 22.2. The molecule has 2 aliphatic rings. The fourth-order valence-corrected chi connectivity index (χ4v) is 4.47. The number of halogens is 1. The molecule has 5 rings (SSSR count). The van der Waals surface area contributed by atoms with Crippen molar-refractivity contribution >= 4 is 17.4 Å². The summed E-state index contributed by atoms with van der Waals surface area (Å²) in [5, 5.41) is 5.18. The highest BCUT2D eigenvalue weighted by molar-refractivity contribution is 6.30. The minimum atomic E-state index is -0.216. The molecule has 0 unspecified atom stereocenters. The van der Waals surface area contributed by atoms with Crippen molar-refractivity contribution in [1.29, 1.82) is 0 Å². The quantitative estimate of drug-likeness (QED) is 0.585. The molecule has 2 aromatic heterocycles. The standard InChI is InChI=1S/C23H24ClN5O3/c1-14-11-28(13-25-14)19-9-8-18(26-23(19)31-3)22-27-32-21(15-4-6-16(24)7-5-15)20-10-17(30-2)12-29(20)22/h4-9,11,13,17,20-21H,10,12H2,1-3H3/t17-,20+,21-/m1/s1. The number of ether oxygens (including phenoxy) is 2. The van der Waals surface area contributed by atoms with E-state index in [9.17, 15) is 0 Å². The van der Waals surface area contributed by atoms with Crippen LogP contribution in [0.3, 0.4) is 0 Å². The molecule has 0 spiro atoms. The van der Waals surface area contributed by atoms with E-state index in [-0.39, 0.29) is 18.2 Å². The first-order valence-corrected chi connectivity index (χ1v) is 10.8. The molecule has 166 valence electrons. The van der Waals surface area contributed by atoms with E-state index in [1.165, 1.54) is 0 Å². The molecule has 1 aromatic carbocycles. The van der Waals surface area contributed by atoms with Crippen LogP contribution >= 0.6 is 11.6 Å². The zero-order valence-corrected chi connectivity index (χ0v) is 18.9. The second-order valence-electron chi connectivity index (χ2n) is 7.95. The van der Waals surface area contributed by atoms with E-state index in [4.69, 9.17) is 30.9 Å². The van der Waals surface area contributed by atoms with Gasteiger partial charge < -0.3 is 23.8 Å². The normalized spacial score (nSPS) is 22.3. The Balaban J connectivity index is 1.51. The summed E-state index contributed by atoms with van der Waals surface area (Å²) in [6.45, 7) is 2.65. The Hall–Kier alpha value is -3.10. The van der Waals surface area contributed by atoms with Crippen LogP contribution in [0.5, 0.6) is 5.88 Å². The summed E-state index contributed by atoms with van der Waals surface area (Å²) in [5.41, 5.74) is 3.43. The number of imidazole rings is 1. The van der Waals surface area contributed by atoms with E-state index < -0.39 is 0 Å². The van der Waals surface area contributed by atoms with Gasteiger partial charge in [0, 0.05) is 24.9 Å². The van der Waals surface area contributed by atoms with Gasteiger partial charge in [0.05, 0.1) is 31.3 Å². The van der Waals surface area contributed by atoms with Crippen LogP contribution in [0.4, 0.5) is 0 Å². The first-order valence-electron chi connectivity index (χ1n) is 10.4. The van der Waals surface area contributed by atoms with Crippen molar-refractivity contribution in [1.82, 2.24) is 19.4 Å². The lowest BCUT2D eigenvalue weighted by Crippen LogP contribution is -2.44. The van der Waals surface area contributed by atoms with Crippen LogP contribution in [-0.2, 0) is 9.57 Å². The number of amidine groups is 1. The number of hydrogen-bond acceptors (Lipinski definition) is 7. The summed E-state index contributed by atoms with van der Waals surface area (Å²) in [4.78, 5) is 17.3. The number of fused-ring (bicyclic) bond motifs is 1. The zero-order valence-electron chi connectivity index (χ0n) is 18.1. The van der Waals surface area contributed by atoms with Crippen molar-refractivity contribution in [2.75, 3.05) is 20.8 Å². The number of oxime groups is 1. The monoisotopic (exact) mass is 453 g/mol. The van der Waals surface area contributed by atoms with Crippen molar-refractivity contribution in [2.45, 2.75) is 31.6 Å². The molecule has 0 aliphatic carbocycles. The number of methoxy groups -OCH3 is 2. The second kappa shape index (κ2) is 8.44. The molecule has 0 N–H and O–H groups in total. The van der Waals surface area contributed by atoms with Gasteiger partial charge in [-0.05, 0) is 43.2 Å². The Morgan fingerprint density at radius 3 is 2.62 bits per heavy atom. The van der Waals surface area contributed by atoms with Gasteiger partial charge in [-0.3, -0.25) is 0 Å². The van der Waals surface area contributed by atoms with Crippen LogP contribution in [0.1, 0.15) is 29.5 Å². The molecule has 2 aliphatic heterocycles. The maximum absolute atomic E-state index is 6.07. The van der Waals surface area contributed by atoms with Crippen molar-refractivity contribution < 1.29 is 14.3 Å². The first-order chi connectivity index (χ1) is 15.6. The third-order valence-corrected chi connectivity index (χ3v) is 6.22. The number of aryl methyl sites for hydroxylation is 1. The summed E-state index contributed by atoms with van der Waals surface area (Å²) < 4.78 is 13.2. The Bertz CT molecular complexity index is 1150. The minimum Gasteiger partial charge on any atom is -0.479 e. The molecule has 4 heterocycles. The van der Waals surface area contributed by atoms with Gasteiger partial charge >= 0.3 is 0 Å². The smallest absolute Gasteiger partial charge is 0.238 e. The number of nitrogens with zero attached hydrogens (tertiary/aromatic N) is 5. The van der Waals surface area contributed by atoms with Gasteiger partial charge in [-0.25, -0.2) is 9.97 Å². The summed E-state index contributed by atoms with van der Waals surface area (Å²) in [6, 6.07) is 11.6. The summed E-state index contributed by atoms with van der Waals surface area (Å²) in [5.74, 6) is 1.16. The van der Waals surface area contributed by atoms with Crippen LogP contribution in [-0.4, -0.2) is 58.2 Å². The predicted molar refractivity (Wildman–Crippen MR) is 120 cm³/mol. The van der Waals surface area contributed by atoms with Gasteiger partial charge in [0.1, 0.15) is 11.4 Å². The SMILES string of the molecule is COc1nc(C2=NO[C@H](c3ccc(Cl)cc3)[C@@H]3C[C@@H](OC)CN23)ccc1-n1cnc(C)c1. The van der Waals surface area contributed by atoms with Gasteiger partial charge in [0.25, 0.3) is 0 Å². The third kappa shape index (κ3) is 3.69. The second-order valence-corrected chi connectivity index (χ2v) is 8.39. The van der Waals surface area contributed by atoms with Crippen LogP contribution in [0.15, 0.2) is 54.1 Å². The summed E-state index contributed by atoms with van der Waals surface area (Å²) in [6.07, 6.45) is 4.36. The average molecular weight is 454 g/mol. The lowest BCUT2D eigenvalue weighted by atomic mass is 9.99. The number of aromatic nitrogens is 3. The van der Waals surface area contributed by atoms with Gasteiger partial charge in [0.15, 0.2) is 11.9 Å². The molecule has 1 fully saturated rings. The minimum absolute atomic E-state index is 0.0670. The van der Waals surface area contributed by atoms with Crippen molar-refractivity contribution in [3.05, 3.63) is 70.9 Å². The fourth-order valence-electron chi connectivity index (χ4n) is 4.34. The van der Waals surface area contributed by atoms with E-state index in [1.807, 2.05) is 54.1 Å². The van der Waals surface area contributed by atoms with Gasteiger partial charge in [-0.2, -0.15) is 0 Å². The Morgan fingerprint density at radius 2 is 1.94 bits per heavy atom.